The molecule has 7 heteroatoms. The summed E-state index contributed by atoms with van der Waals surface area (Å²) in [6, 6.07) is 37.2. The molecule has 5 rings (SSSR count). The quantitative estimate of drug-likeness (QED) is 0.165. The largest absolute Gasteiger partial charge is 0.489 e. The molecule has 43 heavy (non-hydrogen) atoms. The Morgan fingerprint density at radius 3 is 1.72 bits per heavy atom. The summed E-state index contributed by atoms with van der Waals surface area (Å²) >= 11 is 0. The zero-order valence-corrected chi connectivity index (χ0v) is 23.1. The van der Waals surface area contributed by atoms with Gasteiger partial charge in [-0.25, -0.2) is 14.4 Å². The lowest BCUT2D eigenvalue weighted by Crippen LogP contribution is -2.10. The van der Waals surface area contributed by atoms with Gasteiger partial charge in [-0.2, -0.15) is 0 Å². The number of hydrogen-bond donors (Lipinski definition) is 1. The van der Waals surface area contributed by atoms with Crippen molar-refractivity contribution in [1.82, 2.24) is 0 Å². The number of carbonyl (C=O) groups is 3. The highest BCUT2D eigenvalue weighted by Gasteiger charge is 2.13. The maximum Gasteiger partial charge on any atom is 0.338 e. The number of esters is 2. The van der Waals surface area contributed by atoms with Crippen LogP contribution in [0.15, 0.2) is 127 Å². The molecular formula is C36H28O7. The van der Waals surface area contributed by atoms with E-state index in [1.807, 2.05) is 54.6 Å². The number of carboxylic acid groups (broad SMARTS) is 1. The fourth-order valence-electron chi connectivity index (χ4n) is 4.38. The minimum atomic E-state index is -0.974. The van der Waals surface area contributed by atoms with Crippen LogP contribution in [0.25, 0.3) is 11.1 Å². The van der Waals surface area contributed by atoms with E-state index >= 15 is 0 Å². The van der Waals surface area contributed by atoms with Gasteiger partial charge in [-0.15, -0.1) is 0 Å². The predicted molar refractivity (Wildman–Crippen MR) is 161 cm³/mol. The molecule has 0 fully saturated rings. The molecule has 0 saturated carbocycles. The van der Waals surface area contributed by atoms with Crippen LogP contribution in [0.3, 0.4) is 0 Å². The van der Waals surface area contributed by atoms with Crippen molar-refractivity contribution in [2.24, 2.45) is 0 Å². The third-order valence-electron chi connectivity index (χ3n) is 6.71. The molecule has 0 spiro atoms. The van der Waals surface area contributed by atoms with Gasteiger partial charge in [-0.1, -0.05) is 72.8 Å². The Hall–Kier alpha value is -5.69. The van der Waals surface area contributed by atoms with Crippen molar-refractivity contribution >= 4 is 17.9 Å². The maximum atomic E-state index is 12.6. The van der Waals surface area contributed by atoms with Crippen molar-refractivity contribution in [3.05, 3.63) is 161 Å². The number of rotatable bonds is 11. The lowest BCUT2D eigenvalue weighted by atomic mass is 10.0. The summed E-state index contributed by atoms with van der Waals surface area (Å²) in [5.74, 6) is -1.24. The van der Waals surface area contributed by atoms with Crippen molar-refractivity contribution in [2.45, 2.75) is 19.8 Å². The topological polar surface area (TPSA) is 99.1 Å². The standard InChI is InChI=1S/C36H28O7/c37-34(38)27-18-16-26(17-19-27)30-12-7-13-33(21-30)41-22-25-14-15-31(23-42-35(39)28-8-3-1-4-9-28)32(20-25)24-43-36(40)29-10-5-2-6-11-29/h1-21H,22-24H2,(H,37,38). The van der Waals surface area contributed by atoms with Crippen LogP contribution in [0.2, 0.25) is 0 Å². The predicted octanol–water partition coefficient (Wildman–Crippen LogP) is 7.34. The van der Waals surface area contributed by atoms with Gasteiger partial charge in [0, 0.05) is 0 Å². The molecule has 7 nitrogen and oxygen atoms in total. The highest BCUT2D eigenvalue weighted by Crippen LogP contribution is 2.25. The first-order valence-corrected chi connectivity index (χ1v) is 13.6. The van der Waals surface area contributed by atoms with E-state index in [0.29, 0.717) is 28.0 Å². The van der Waals surface area contributed by atoms with E-state index in [9.17, 15) is 14.4 Å². The van der Waals surface area contributed by atoms with Gasteiger partial charge in [0.05, 0.1) is 16.7 Å². The Kier molecular flexibility index (Phi) is 9.24. The van der Waals surface area contributed by atoms with Gasteiger partial charge in [-0.3, -0.25) is 0 Å². The minimum Gasteiger partial charge on any atom is -0.489 e. The first-order chi connectivity index (χ1) is 21.0. The second-order valence-corrected chi connectivity index (χ2v) is 9.69. The SMILES string of the molecule is O=C(O)c1ccc(-c2cccc(OCc3ccc(COC(=O)c4ccccc4)c(COC(=O)c4ccccc4)c3)c2)cc1. The molecule has 0 unspecified atom stereocenters. The molecule has 0 saturated heterocycles. The molecule has 1 N–H and O–H groups in total. The van der Waals surface area contributed by atoms with Crippen LogP contribution >= 0.6 is 0 Å². The number of carbonyl (C=O) groups excluding carboxylic acids is 2. The average molecular weight is 573 g/mol. The summed E-state index contributed by atoms with van der Waals surface area (Å²) in [7, 11) is 0. The van der Waals surface area contributed by atoms with Crippen LogP contribution < -0.4 is 4.74 Å². The molecular weight excluding hydrogens is 544 g/mol. The normalized spacial score (nSPS) is 10.5. The number of hydrogen-bond acceptors (Lipinski definition) is 6. The molecule has 0 aliphatic rings. The van der Waals surface area contributed by atoms with Gasteiger partial charge in [-0.05, 0) is 82.4 Å². The monoisotopic (exact) mass is 572 g/mol. The number of benzene rings is 5. The molecule has 0 aromatic heterocycles. The molecule has 0 heterocycles. The van der Waals surface area contributed by atoms with E-state index < -0.39 is 17.9 Å². The molecule has 0 aliphatic heterocycles. The van der Waals surface area contributed by atoms with Crippen LogP contribution in [0.1, 0.15) is 47.8 Å². The van der Waals surface area contributed by atoms with Crippen molar-refractivity contribution in [1.29, 1.82) is 0 Å². The lowest BCUT2D eigenvalue weighted by Gasteiger charge is -2.14. The third kappa shape index (κ3) is 7.74. The third-order valence-corrected chi connectivity index (χ3v) is 6.71. The van der Waals surface area contributed by atoms with Crippen molar-refractivity contribution in [2.75, 3.05) is 0 Å². The van der Waals surface area contributed by atoms with E-state index in [2.05, 4.69) is 0 Å². The van der Waals surface area contributed by atoms with Gasteiger partial charge < -0.3 is 19.3 Å². The lowest BCUT2D eigenvalue weighted by molar-refractivity contribution is 0.0435. The van der Waals surface area contributed by atoms with Crippen LogP contribution in [0, 0.1) is 0 Å². The van der Waals surface area contributed by atoms with Crippen LogP contribution in [0.5, 0.6) is 5.75 Å². The Labute approximate surface area is 248 Å². The van der Waals surface area contributed by atoms with E-state index in [-0.39, 0.29) is 25.4 Å². The summed E-state index contributed by atoms with van der Waals surface area (Å²) in [5.41, 5.74) is 5.10. The number of aromatic carboxylic acids is 1. The fourth-order valence-corrected chi connectivity index (χ4v) is 4.38. The Morgan fingerprint density at radius 2 is 1.12 bits per heavy atom. The maximum absolute atomic E-state index is 12.6. The summed E-state index contributed by atoms with van der Waals surface area (Å²) < 4.78 is 17.2. The molecule has 0 atom stereocenters. The van der Waals surface area contributed by atoms with Gasteiger partial charge in [0.2, 0.25) is 0 Å². The summed E-state index contributed by atoms with van der Waals surface area (Å²) in [4.78, 5) is 36.3. The van der Waals surface area contributed by atoms with E-state index in [4.69, 9.17) is 19.3 Å². The van der Waals surface area contributed by atoms with E-state index in [1.165, 1.54) is 0 Å². The molecule has 0 bridgehead atoms. The molecule has 0 amide bonds. The molecule has 0 radical (unpaired) electrons. The highest BCUT2D eigenvalue weighted by molar-refractivity contribution is 5.90. The van der Waals surface area contributed by atoms with E-state index in [0.717, 1.165) is 16.7 Å². The van der Waals surface area contributed by atoms with Crippen LogP contribution in [-0.4, -0.2) is 23.0 Å². The number of carboxylic acids is 1. The van der Waals surface area contributed by atoms with Crippen LogP contribution in [0.4, 0.5) is 0 Å². The van der Waals surface area contributed by atoms with Crippen molar-refractivity contribution < 1.29 is 33.7 Å². The molecule has 214 valence electrons. The molecule has 5 aromatic rings. The van der Waals surface area contributed by atoms with E-state index in [1.54, 1.807) is 72.8 Å². The summed E-state index contributed by atoms with van der Waals surface area (Å²) in [6.07, 6.45) is 0. The Balaban J connectivity index is 1.30. The van der Waals surface area contributed by atoms with Gasteiger partial charge in [0.25, 0.3) is 0 Å². The molecule has 5 aromatic carbocycles. The van der Waals surface area contributed by atoms with Crippen molar-refractivity contribution in [3.63, 3.8) is 0 Å². The molecule has 0 aliphatic carbocycles. The first-order valence-electron chi connectivity index (χ1n) is 13.6. The zero-order valence-electron chi connectivity index (χ0n) is 23.1. The first kappa shape index (κ1) is 28.8. The highest BCUT2D eigenvalue weighted by atomic mass is 16.5. The number of ether oxygens (including phenoxy) is 3. The Morgan fingerprint density at radius 1 is 0.512 bits per heavy atom. The summed E-state index contributed by atoms with van der Waals surface area (Å²) in [6.45, 7) is 0.239. The zero-order chi connectivity index (χ0) is 30.0. The van der Waals surface area contributed by atoms with Gasteiger partial charge in [0.15, 0.2) is 0 Å². The van der Waals surface area contributed by atoms with Crippen LogP contribution in [-0.2, 0) is 29.3 Å². The fraction of sp³-hybridized carbons (Fsp3) is 0.0833. The second-order valence-electron chi connectivity index (χ2n) is 9.69. The second kappa shape index (κ2) is 13.8. The smallest absolute Gasteiger partial charge is 0.338 e. The van der Waals surface area contributed by atoms with Gasteiger partial charge in [0.1, 0.15) is 25.6 Å². The van der Waals surface area contributed by atoms with Crippen molar-refractivity contribution in [3.8, 4) is 16.9 Å². The average Bonchev–Trinajstić information content (AvgIpc) is 3.06. The Bertz CT molecular complexity index is 1710. The summed E-state index contributed by atoms with van der Waals surface area (Å²) in [5, 5.41) is 9.15. The van der Waals surface area contributed by atoms with Gasteiger partial charge >= 0.3 is 17.9 Å². The minimum absolute atomic E-state index is 0.00972.